The third-order valence-electron chi connectivity index (χ3n) is 8.62. The molecule has 7 atom stereocenters. The molecule has 2 heterocycles. The molecular formula is C29H36N2O6. The Bertz CT molecular complexity index is 1120. The van der Waals surface area contributed by atoms with E-state index < -0.39 is 23.3 Å². The highest BCUT2D eigenvalue weighted by molar-refractivity contribution is 6.27. The molecule has 0 aromatic rings. The van der Waals surface area contributed by atoms with Gasteiger partial charge in [0.05, 0.1) is 6.04 Å². The normalized spacial score (nSPS) is 40.2. The molecule has 3 fully saturated rings. The number of nitrogens with one attached hydrogen (secondary N) is 2. The maximum absolute atomic E-state index is 12.6. The van der Waals surface area contributed by atoms with E-state index in [2.05, 4.69) is 16.7 Å². The van der Waals surface area contributed by atoms with Crippen molar-refractivity contribution in [3.8, 4) is 0 Å². The minimum Gasteiger partial charge on any atom is -0.507 e. The zero-order valence-corrected chi connectivity index (χ0v) is 21.4. The van der Waals surface area contributed by atoms with Crippen molar-refractivity contribution in [1.82, 2.24) is 10.6 Å². The molecule has 198 valence electrons. The molecule has 4 aliphatic rings. The monoisotopic (exact) mass is 508 g/mol. The van der Waals surface area contributed by atoms with Crippen molar-refractivity contribution in [3.63, 3.8) is 0 Å². The van der Waals surface area contributed by atoms with E-state index in [9.17, 15) is 29.4 Å². The van der Waals surface area contributed by atoms with E-state index in [-0.39, 0.29) is 52.6 Å². The Kier molecular flexibility index (Phi) is 7.97. The molecule has 0 aromatic carbocycles. The fraction of sp³-hybridized carbons (Fsp3) is 0.517. The summed E-state index contributed by atoms with van der Waals surface area (Å²) in [7, 11) is 0. The van der Waals surface area contributed by atoms with Gasteiger partial charge in [-0.05, 0) is 74.7 Å². The molecule has 2 aliphatic carbocycles. The Balaban J connectivity index is 1.59. The van der Waals surface area contributed by atoms with Gasteiger partial charge in [-0.3, -0.25) is 19.2 Å². The van der Waals surface area contributed by atoms with Gasteiger partial charge in [0.15, 0.2) is 11.6 Å². The van der Waals surface area contributed by atoms with Crippen LogP contribution in [0.15, 0.2) is 59.9 Å². The van der Waals surface area contributed by atoms with Crippen molar-refractivity contribution in [3.05, 3.63) is 59.9 Å². The third-order valence-corrected chi connectivity index (χ3v) is 8.62. The average Bonchev–Trinajstić information content (AvgIpc) is 3.41. The lowest BCUT2D eigenvalue weighted by Crippen LogP contribution is -2.42. The second-order valence-electron chi connectivity index (χ2n) is 10.7. The van der Waals surface area contributed by atoms with Crippen LogP contribution in [0.3, 0.4) is 0 Å². The highest BCUT2D eigenvalue weighted by Crippen LogP contribution is 2.58. The van der Waals surface area contributed by atoms with E-state index >= 15 is 0 Å². The number of ketones is 2. The number of aliphatic hydroxyl groups excluding tert-OH is 1. The first-order valence-electron chi connectivity index (χ1n) is 13.1. The fourth-order valence-electron chi connectivity index (χ4n) is 6.74. The zero-order chi connectivity index (χ0) is 26.7. The van der Waals surface area contributed by atoms with Gasteiger partial charge in [0.2, 0.25) is 5.91 Å². The Labute approximate surface area is 217 Å². The van der Waals surface area contributed by atoms with Crippen molar-refractivity contribution >= 4 is 23.4 Å². The third kappa shape index (κ3) is 5.39. The van der Waals surface area contributed by atoms with Crippen LogP contribution in [0.1, 0.15) is 46.0 Å². The first kappa shape index (κ1) is 26.8. The van der Waals surface area contributed by atoms with Crippen molar-refractivity contribution in [2.45, 2.75) is 57.6 Å². The van der Waals surface area contributed by atoms with E-state index in [0.717, 1.165) is 6.42 Å². The lowest BCUT2D eigenvalue weighted by molar-refractivity contribution is -0.139. The van der Waals surface area contributed by atoms with Gasteiger partial charge in [-0.1, -0.05) is 43.4 Å². The molecule has 2 saturated carbocycles. The molecule has 8 nitrogen and oxygen atoms in total. The lowest BCUT2D eigenvalue weighted by atomic mass is 9.76. The maximum Gasteiger partial charge on any atom is 0.259 e. The molecule has 0 spiro atoms. The summed E-state index contributed by atoms with van der Waals surface area (Å²) in [6.07, 6.45) is 16.8. The van der Waals surface area contributed by atoms with Gasteiger partial charge in [0.25, 0.3) is 5.91 Å². The first-order chi connectivity index (χ1) is 17.6. The van der Waals surface area contributed by atoms with Crippen molar-refractivity contribution < 1.29 is 29.4 Å². The standard InChI is InChI=1S/C29H36N2O6/c1-17-25-20(16-29(17,37)18(2)32)15-19-9-6-7-13-24(34)30-14-8-11-22-27(35)26(28(36)31-22)23(33)12-5-3-4-10-21(19)25/h3-7,9,12-13,17,19-22,25,33,37H,8,10-11,14-16H2,1-2H3,(H,30,34)(H,31,36)/b4-3+,9-6+,12-5+,13-7+,26-23?/t17-,19+,20+,21-,22-,25-,29-/m0/s1. The first-order valence-corrected chi connectivity index (χ1v) is 13.1. The van der Waals surface area contributed by atoms with Crippen molar-refractivity contribution in [1.29, 1.82) is 0 Å². The number of carbonyl (C=O) groups excluding carboxylic acids is 4. The van der Waals surface area contributed by atoms with Crippen LogP contribution in [0.5, 0.6) is 0 Å². The Hall–Kier alpha value is -3.26. The quantitative estimate of drug-likeness (QED) is 0.403. The van der Waals surface area contributed by atoms with Gasteiger partial charge in [-0.15, -0.1) is 0 Å². The van der Waals surface area contributed by atoms with E-state index in [1.165, 1.54) is 19.1 Å². The Morgan fingerprint density at radius 1 is 1.11 bits per heavy atom. The molecular weight excluding hydrogens is 472 g/mol. The number of Topliss-reactive ketones (excluding diaryl/α,β-unsaturated/α-hetero) is 2. The molecule has 0 aromatic heterocycles. The summed E-state index contributed by atoms with van der Waals surface area (Å²) in [4.78, 5) is 49.3. The van der Waals surface area contributed by atoms with Crippen LogP contribution in [0.4, 0.5) is 0 Å². The van der Waals surface area contributed by atoms with Crippen molar-refractivity contribution in [2.24, 2.45) is 29.6 Å². The van der Waals surface area contributed by atoms with E-state index in [4.69, 9.17) is 0 Å². The lowest BCUT2D eigenvalue weighted by Gasteiger charge is -2.31. The molecule has 0 unspecified atom stereocenters. The molecule has 4 rings (SSSR count). The predicted molar refractivity (Wildman–Crippen MR) is 138 cm³/mol. The topological polar surface area (TPSA) is 133 Å². The molecule has 8 heteroatoms. The highest BCUT2D eigenvalue weighted by Gasteiger charge is 2.58. The molecule has 0 radical (unpaired) electrons. The van der Waals surface area contributed by atoms with E-state index in [1.54, 1.807) is 18.2 Å². The summed E-state index contributed by atoms with van der Waals surface area (Å²) >= 11 is 0. The number of rotatable bonds is 1. The summed E-state index contributed by atoms with van der Waals surface area (Å²) < 4.78 is 0. The van der Waals surface area contributed by atoms with Crippen LogP contribution < -0.4 is 10.6 Å². The minimum absolute atomic E-state index is 0.164. The van der Waals surface area contributed by atoms with E-state index in [1.807, 2.05) is 19.1 Å². The number of allylic oxidation sites excluding steroid dienone is 7. The fourth-order valence-corrected chi connectivity index (χ4v) is 6.74. The summed E-state index contributed by atoms with van der Waals surface area (Å²) in [6, 6.07) is -0.719. The molecule has 2 aliphatic heterocycles. The van der Waals surface area contributed by atoms with Crippen LogP contribution in [0, 0.1) is 29.6 Å². The number of fused-ring (bicyclic) bond motifs is 5. The van der Waals surface area contributed by atoms with Crippen LogP contribution in [0.2, 0.25) is 0 Å². The smallest absolute Gasteiger partial charge is 0.259 e. The number of hydrogen-bond acceptors (Lipinski definition) is 6. The predicted octanol–water partition coefficient (Wildman–Crippen LogP) is 2.62. The van der Waals surface area contributed by atoms with Crippen LogP contribution in [-0.4, -0.2) is 51.8 Å². The van der Waals surface area contributed by atoms with Gasteiger partial charge in [0, 0.05) is 12.6 Å². The molecule has 1 saturated heterocycles. The summed E-state index contributed by atoms with van der Waals surface area (Å²) in [6.45, 7) is 3.78. The number of aliphatic hydroxyl groups is 2. The van der Waals surface area contributed by atoms with Gasteiger partial charge in [0.1, 0.15) is 16.9 Å². The van der Waals surface area contributed by atoms with Crippen LogP contribution in [0.25, 0.3) is 0 Å². The second-order valence-corrected chi connectivity index (χ2v) is 10.7. The zero-order valence-electron chi connectivity index (χ0n) is 21.4. The van der Waals surface area contributed by atoms with Crippen molar-refractivity contribution in [2.75, 3.05) is 6.54 Å². The minimum atomic E-state index is -1.29. The molecule has 2 bridgehead atoms. The summed E-state index contributed by atoms with van der Waals surface area (Å²) in [5, 5.41) is 26.8. The van der Waals surface area contributed by atoms with E-state index in [0.29, 0.717) is 32.2 Å². The molecule has 37 heavy (non-hydrogen) atoms. The summed E-state index contributed by atoms with van der Waals surface area (Å²) in [5.41, 5.74) is -1.54. The Morgan fingerprint density at radius 2 is 1.86 bits per heavy atom. The largest absolute Gasteiger partial charge is 0.507 e. The Morgan fingerprint density at radius 3 is 2.62 bits per heavy atom. The average molecular weight is 509 g/mol. The SMILES string of the molecule is CC(=O)[C@]1(O)C[C@H]2C[C@H]3/C=C/C=C/C(=O)NCCC[C@@H]4NC(=O)C(=C(O)/C=C/C=C/C[C@@H]3[C@H]2[C@@H]1C)C4=O. The van der Waals surface area contributed by atoms with Gasteiger partial charge >= 0.3 is 0 Å². The van der Waals surface area contributed by atoms with Crippen LogP contribution >= 0.6 is 0 Å². The number of amides is 2. The molecule has 2 amide bonds. The van der Waals surface area contributed by atoms with Gasteiger partial charge < -0.3 is 20.8 Å². The van der Waals surface area contributed by atoms with Gasteiger partial charge in [-0.2, -0.15) is 0 Å². The summed E-state index contributed by atoms with van der Waals surface area (Å²) in [5.74, 6) is -1.19. The number of hydrogen-bond donors (Lipinski definition) is 4. The van der Waals surface area contributed by atoms with Crippen LogP contribution in [-0.2, 0) is 19.2 Å². The van der Waals surface area contributed by atoms with Gasteiger partial charge in [-0.25, -0.2) is 0 Å². The maximum atomic E-state index is 12.6. The number of carbonyl (C=O) groups is 4. The highest BCUT2D eigenvalue weighted by atomic mass is 16.3. The second kappa shape index (κ2) is 11.0. The molecule has 4 N–H and O–H groups in total.